The number of hydrogen-bond donors (Lipinski definition) is 0. The highest BCUT2D eigenvalue weighted by molar-refractivity contribution is 5.89. The van der Waals surface area contributed by atoms with Gasteiger partial charge in [0.1, 0.15) is 5.82 Å². The van der Waals surface area contributed by atoms with Crippen molar-refractivity contribution in [3.05, 3.63) is 34.6 Å². The van der Waals surface area contributed by atoms with Gasteiger partial charge in [0, 0.05) is 0 Å². The van der Waals surface area contributed by atoms with E-state index < -0.39 is 5.97 Å². The van der Waals surface area contributed by atoms with Crippen molar-refractivity contribution in [2.75, 3.05) is 7.11 Å². The zero-order chi connectivity index (χ0) is 19.7. The molecule has 5 atom stereocenters. The van der Waals surface area contributed by atoms with Gasteiger partial charge in [0.05, 0.1) is 12.7 Å². The predicted octanol–water partition coefficient (Wildman–Crippen LogP) is 6.35. The lowest BCUT2D eigenvalue weighted by atomic mass is 9.61. The van der Waals surface area contributed by atoms with E-state index in [1.165, 1.54) is 64.5 Å². The number of aryl methyl sites for hydroxylation is 1. The van der Waals surface area contributed by atoms with Crippen LogP contribution in [0.15, 0.2) is 12.1 Å². The van der Waals surface area contributed by atoms with E-state index in [4.69, 9.17) is 4.74 Å². The maximum Gasteiger partial charge on any atom is 0.337 e. The van der Waals surface area contributed by atoms with Crippen molar-refractivity contribution in [3.63, 3.8) is 0 Å². The monoisotopic (exact) mass is 386 g/mol. The summed E-state index contributed by atoms with van der Waals surface area (Å²) >= 11 is 0. The van der Waals surface area contributed by atoms with Crippen LogP contribution >= 0.6 is 0 Å². The van der Waals surface area contributed by atoms with E-state index in [2.05, 4.69) is 6.92 Å². The second kappa shape index (κ2) is 8.55. The van der Waals surface area contributed by atoms with Crippen molar-refractivity contribution in [1.29, 1.82) is 0 Å². The second-order valence-corrected chi connectivity index (χ2v) is 9.65. The van der Waals surface area contributed by atoms with Crippen LogP contribution in [0.3, 0.4) is 0 Å². The van der Waals surface area contributed by atoms with Crippen LogP contribution in [0.2, 0.25) is 0 Å². The molecule has 0 aromatic heterocycles. The quantitative estimate of drug-likeness (QED) is 0.564. The lowest BCUT2D eigenvalue weighted by Gasteiger charge is -2.45. The molecule has 4 rings (SSSR count). The van der Waals surface area contributed by atoms with Crippen LogP contribution in [0, 0.1) is 35.4 Å². The van der Waals surface area contributed by atoms with Crippen LogP contribution in [0.5, 0.6) is 0 Å². The first-order valence-corrected chi connectivity index (χ1v) is 11.5. The minimum absolute atomic E-state index is 0.212. The lowest BCUT2D eigenvalue weighted by Crippen LogP contribution is -2.35. The average molecular weight is 387 g/mol. The molecule has 5 unspecified atom stereocenters. The summed E-state index contributed by atoms with van der Waals surface area (Å²) in [4.78, 5) is 11.8. The minimum Gasteiger partial charge on any atom is -0.465 e. The van der Waals surface area contributed by atoms with Crippen LogP contribution in [0.1, 0.15) is 86.2 Å². The average Bonchev–Trinajstić information content (AvgIpc) is 2.72. The lowest BCUT2D eigenvalue weighted by molar-refractivity contribution is 0.0599. The van der Waals surface area contributed by atoms with E-state index >= 15 is 0 Å². The van der Waals surface area contributed by atoms with Gasteiger partial charge in [0.15, 0.2) is 0 Å². The van der Waals surface area contributed by atoms with Crippen molar-refractivity contribution < 1.29 is 13.9 Å². The van der Waals surface area contributed by atoms with Gasteiger partial charge in [-0.3, -0.25) is 0 Å². The Bertz CT molecular complexity index is 713. The van der Waals surface area contributed by atoms with Crippen molar-refractivity contribution in [2.45, 2.75) is 77.6 Å². The highest BCUT2D eigenvalue weighted by Crippen LogP contribution is 2.49. The fourth-order valence-corrected chi connectivity index (χ4v) is 6.61. The van der Waals surface area contributed by atoms with Gasteiger partial charge in [-0.05, 0) is 104 Å². The molecule has 3 heteroatoms. The molecule has 3 aliphatic rings. The first kappa shape index (κ1) is 19.9. The van der Waals surface area contributed by atoms with E-state index in [0.29, 0.717) is 11.5 Å². The Kier molecular flexibility index (Phi) is 6.08. The van der Waals surface area contributed by atoms with Crippen LogP contribution in [0.25, 0.3) is 0 Å². The maximum absolute atomic E-state index is 14.7. The van der Waals surface area contributed by atoms with E-state index in [1.54, 1.807) is 0 Å². The largest absolute Gasteiger partial charge is 0.465 e. The first-order valence-electron chi connectivity index (χ1n) is 11.5. The zero-order valence-corrected chi connectivity index (χ0v) is 17.5. The molecule has 0 bridgehead atoms. The molecule has 0 amide bonds. The molecular formula is C25H35FO2. The van der Waals surface area contributed by atoms with Gasteiger partial charge < -0.3 is 4.74 Å². The van der Waals surface area contributed by atoms with Crippen LogP contribution in [-0.2, 0) is 17.6 Å². The zero-order valence-electron chi connectivity index (χ0n) is 17.5. The predicted molar refractivity (Wildman–Crippen MR) is 110 cm³/mol. The van der Waals surface area contributed by atoms with Crippen molar-refractivity contribution >= 4 is 5.97 Å². The molecule has 2 saturated carbocycles. The van der Waals surface area contributed by atoms with Crippen molar-refractivity contribution in [1.82, 2.24) is 0 Å². The molecule has 0 N–H and O–H groups in total. The number of ether oxygens (including phenoxy) is 1. The minimum atomic E-state index is -0.444. The van der Waals surface area contributed by atoms with E-state index in [1.807, 2.05) is 6.07 Å². The molecule has 1 aromatic rings. The number of carbonyl (C=O) groups is 1. The van der Waals surface area contributed by atoms with Gasteiger partial charge in [-0.2, -0.15) is 0 Å². The number of hydrogen-bond acceptors (Lipinski definition) is 2. The van der Waals surface area contributed by atoms with Crippen LogP contribution < -0.4 is 0 Å². The first-order chi connectivity index (χ1) is 13.6. The standard InChI is InChI=1S/C25H35FO2/c1-3-4-16-5-6-18-12-19(8-7-17(18)11-16)20-9-10-21-13-22(25(27)28-2)15-24(26)23(21)14-20/h13,15-20H,3-12,14H2,1-2H3. The molecule has 2 nitrogen and oxygen atoms in total. The van der Waals surface area contributed by atoms with Gasteiger partial charge in [0.2, 0.25) is 0 Å². The van der Waals surface area contributed by atoms with Crippen LogP contribution in [-0.4, -0.2) is 13.1 Å². The Morgan fingerprint density at radius 1 is 1.04 bits per heavy atom. The van der Waals surface area contributed by atoms with Gasteiger partial charge in [-0.15, -0.1) is 0 Å². The maximum atomic E-state index is 14.7. The highest BCUT2D eigenvalue weighted by atomic mass is 19.1. The molecule has 0 heterocycles. The molecule has 28 heavy (non-hydrogen) atoms. The van der Waals surface area contributed by atoms with Gasteiger partial charge in [-0.1, -0.05) is 26.2 Å². The summed E-state index contributed by atoms with van der Waals surface area (Å²) in [6.45, 7) is 2.32. The SMILES string of the molecule is CCCC1CCC2CC(C3CCc4cc(C(=O)OC)cc(F)c4C3)CCC2C1. The molecular weight excluding hydrogens is 351 g/mol. The Morgan fingerprint density at radius 3 is 2.50 bits per heavy atom. The fraction of sp³-hybridized carbons (Fsp3) is 0.720. The Balaban J connectivity index is 1.41. The number of fused-ring (bicyclic) bond motifs is 2. The fourth-order valence-electron chi connectivity index (χ4n) is 6.61. The number of benzene rings is 1. The molecule has 0 spiro atoms. The number of rotatable bonds is 4. The molecule has 1 aromatic carbocycles. The topological polar surface area (TPSA) is 26.3 Å². The van der Waals surface area contributed by atoms with E-state index in [9.17, 15) is 9.18 Å². The third-order valence-electron chi connectivity index (χ3n) is 8.09. The van der Waals surface area contributed by atoms with Gasteiger partial charge in [-0.25, -0.2) is 9.18 Å². The van der Waals surface area contributed by atoms with E-state index in [0.717, 1.165) is 54.1 Å². The van der Waals surface area contributed by atoms with Gasteiger partial charge >= 0.3 is 5.97 Å². The smallest absolute Gasteiger partial charge is 0.337 e. The molecule has 3 aliphatic carbocycles. The highest BCUT2D eigenvalue weighted by Gasteiger charge is 2.38. The Morgan fingerprint density at radius 2 is 1.75 bits per heavy atom. The van der Waals surface area contributed by atoms with Crippen LogP contribution in [0.4, 0.5) is 4.39 Å². The number of halogens is 1. The summed E-state index contributed by atoms with van der Waals surface area (Å²) in [7, 11) is 1.35. The third kappa shape index (κ3) is 4.00. The second-order valence-electron chi connectivity index (χ2n) is 9.65. The van der Waals surface area contributed by atoms with Crippen molar-refractivity contribution in [3.8, 4) is 0 Å². The molecule has 0 aliphatic heterocycles. The molecule has 0 saturated heterocycles. The number of esters is 1. The molecule has 0 radical (unpaired) electrons. The summed E-state index contributed by atoms with van der Waals surface area (Å²) in [5, 5.41) is 0. The number of methoxy groups -OCH3 is 1. The number of carbonyl (C=O) groups excluding carboxylic acids is 1. The Hall–Kier alpha value is -1.38. The van der Waals surface area contributed by atoms with Crippen molar-refractivity contribution in [2.24, 2.45) is 29.6 Å². The normalized spacial score (nSPS) is 32.3. The summed E-state index contributed by atoms with van der Waals surface area (Å²) < 4.78 is 19.5. The third-order valence-corrected chi connectivity index (χ3v) is 8.09. The molecule has 154 valence electrons. The summed E-state index contributed by atoms with van der Waals surface area (Å²) in [6.07, 6.45) is 14.0. The Labute approximate surface area is 169 Å². The van der Waals surface area contributed by atoms with E-state index in [-0.39, 0.29) is 5.82 Å². The summed E-state index contributed by atoms with van der Waals surface area (Å²) in [6, 6.07) is 3.23. The molecule has 2 fully saturated rings. The summed E-state index contributed by atoms with van der Waals surface area (Å²) in [5.74, 6) is 3.56. The van der Waals surface area contributed by atoms with Gasteiger partial charge in [0.25, 0.3) is 0 Å². The summed E-state index contributed by atoms with van der Waals surface area (Å²) in [5.41, 5.74) is 2.23.